The Hall–Kier alpha value is -0.870. The van der Waals surface area contributed by atoms with Crippen molar-refractivity contribution in [2.45, 2.75) is 36.1 Å². The molecule has 0 spiro atoms. The molecule has 0 atom stereocenters. The molecule has 4 heteroatoms. The van der Waals surface area contributed by atoms with Crippen LogP contribution in [-0.2, 0) is 22.7 Å². The van der Waals surface area contributed by atoms with E-state index in [2.05, 4.69) is 0 Å². The second kappa shape index (κ2) is 3.08. The van der Waals surface area contributed by atoms with Crippen molar-refractivity contribution >= 4 is 9.84 Å². The minimum Gasteiger partial charge on any atom is -0.325 e. The van der Waals surface area contributed by atoms with E-state index in [9.17, 15) is 8.42 Å². The summed E-state index contributed by atoms with van der Waals surface area (Å²) in [6.07, 6.45) is 3.38. The number of aryl methyl sites for hydroxylation is 1. The first-order valence-electron chi connectivity index (χ1n) is 5.63. The molecule has 1 saturated carbocycles. The van der Waals surface area contributed by atoms with Crippen molar-refractivity contribution in [3.63, 3.8) is 0 Å². The zero-order valence-corrected chi connectivity index (χ0v) is 9.89. The molecule has 0 unspecified atom stereocenters. The smallest absolute Gasteiger partial charge is 0.179 e. The van der Waals surface area contributed by atoms with E-state index < -0.39 is 9.84 Å². The van der Waals surface area contributed by atoms with E-state index in [4.69, 9.17) is 5.73 Å². The maximum Gasteiger partial charge on any atom is 0.179 e. The first-order valence-corrected chi connectivity index (χ1v) is 7.28. The highest BCUT2D eigenvalue weighted by Crippen LogP contribution is 2.39. The number of nitrogens with two attached hydrogens (primary N) is 1. The summed E-state index contributed by atoms with van der Waals surface area (Å²) in [5, 5.41) is 0. The Morgan fingerprint density at radius 1 is 1.31 bits per heavy atom. The lowest BCUT2D eigenvalue weighted by Crippen LogP contribution is -2.25. The average molecular weight is 237 g/mol. The lowest BCUT2D eigenvalue weighted by molar-refractivity contribution is 0.597. The third-order valence-corrected chi connectivity index (χ3v) is 5.45. The highest BCUT2D eigenvalue weighted by Gasteiger charge is 2.40. The van der Waals surface area contributed by atoms with Crippen LogP contribution in [0.4, 0.5) is 0 Å². The van der Waals surface area contributed by atoms with Crippen LogP contribution in [0.5, 0.6) is 0 Å². The molecule has 3 nitrogen and oxygen atoms in total. The van der Waals surface area contributed by atoms with E-state index in [0.717, 1.165) is 24.0 Å². The van der Waals surface area contributed by atoms with Gasteiger partial charge in [-0.15, -0.1) is 0 Å². The highest BCUT2D eigenvalue weighted by atomic mass is 32.2. The Labute approximate surface area is 95.6 Å². The van der Waals surface area contributed by atoms with Gasteiger partial charge in [0.25, 0.3) is 0 Å². The third kappa shape index (κ3) is 1.57. The molecule has 0 radical (unpaired) electrons. The van der Waals surface area contributed by atoms with Gasteiger partial charge in [-0.1, -0.05) is 18.2 Å². The fourth-order valence-electron chi connectivity index (χ4n) is 2.44. The fourth-order valence-corrected chi connectivity index (χ4v) is 4.24. The summed E-state index contributed by atoms with van der Waals surface area (Å²) >= 11 is 0. The van der Waals surface area contributed by atoms with Crippen LogP contribution < -0.4 is 5.73 Å². The lowest BCUT2D eigenvalue weighted by atomic mass is 10.0. The van der Waals surface area contributed by atoms with Crippen molar-refractivity contribution in [1.82, 2.24) is 0 Å². The van der Waals surface area contributed by atoms with Crippen molar-refractivity contribution in [2.75, 3.05) is 5.75 Å². The second-order valence-corrected chi connectivity index (χ2v) is 7.06. The van der Waals surface area contributed by atoms with E-state index in [1.54, 1.807) is 0 Å². The monoisotopic (exact) mass is 237 g/mol. The zero-order valence-electron chi connectivity index (χ0n) is 9.07. The molecule has 1 aromatic carbocycles. The van der Waals surface area contributed by atoms with Gasteiger partial charge in [0.2, 0.25) is 0 Å². The van der Waals surface area contributed by atoms with Crippen LogP contribution in [-0.4, -0.2) is 19.7 Å². The van der Waals surface area contributed by atoms with E-state index in [1.165, 1.54) is 0 Å². The first-order chi connectivity index (χ1) is 7.50. The average Bonchev–Trinajstić information content (AvgIpc) is 2.84. The maximum atomic E-state index is 11.9. The van der Waals surface area contributed by atoms with Crippen LogP contribution in [0, 0.1) is 0 Å². The summed E-state index contributed by atoms with van der Waals surface area (Å²) in [7, 11) is -3.04. The summed E-state index contributed by atoms with van der Waals surface area (Å²) < 4.78 is 23.9. The van der Waals surface area contributed by atoms with Gasteiger partial charge in [-0.3, -0.25) is 0 Å². The van der Waals surface area contributed by atoms with Crippen molar-refractivity contribution in [3.8, 4) is 0 Å². The zero-order chi connectivity index (χ0) is 11.4. The predicted molar refractivity (Wildman–Crippen MR) is 62.1 cm³/mol. The number of benzene rings is 1. The van der Waals surface area contributed by atoms with Gasteiger partial charge in [0.05, 0.1) is 10.6 Å². The van der Waals surface area contributed by atoms with E-state index in [1.807, 2.05) is 18.2 Å². The Morgan fingerprint density at radius 3 is 2.75 bits per heavy atom. The molecule has 0 bridgehead atoms. The van der Waals surface area contributed by atoms with E-state index in [0.29, 0.717) is 17.7 Å². The molecule has 1 fully saturated rings. The van der Waals surface area contributed by atoms with Gasteiger partial charge in [-0.25, -0.2) is 8.42 Å². The van der Waals surface area contributed by atoms with E-state index in [-0.39, 0.29) is 11.3 Å². The van der Waals surface area contributed by atoms with Gasteiger partial charge in [0.1, 0.15) is 0 Å². The summed E-state index contributed by atoms with van der Waals surface area (Å²) in [6.45, 7) is 0. The van der Waals surface area contributed by atoms with Crippen molar-refractivity contribution in [1.29, 1.82) is 0 Å². The van der Waals surface area contributed by atoms with Crippen LogP contribution in [0.2, 0.25) is 0 Å². The first kappa shape index (κ1) is 10.3. The number of sulfone groups is 1. The van der Waals surface area contributed by atoms with Gasteiger partial charge in [0.15, 0.2) is 9.84 Å². The van der Waals surface area contributed by atoms with Crippen LogP contribution >= 0.6 is 0 Å². The molecule has 86 valence electrons. The Balaban J connectivity index is 2.10. The SMILES string of the molecule is NC1(Cc2cccc3c2S(=O)(=O)CC3)CC1. The molecule has 2 N–H and O–H groups in total. The largest absolute Gasteiger partial charge is 0.325 e. The normalized spacial score (nSPS) is 24.1. The van der Waals surface area contributed by atoms with Crippen molar-refractivity contribution in [3.05, 3.63) is 29.3 Å². The lowest BCUT2D eigenvalue weighted by Gasteiger charge is -2.12. The number of fused-ring (bicyclic) bond motifs is 1. The highest BCUT2D eigenvalue weighted by molar-refractivity contribution is 7.91. The van der Waals surface area contributed by atoms with Crippen LogP contribution in [0.3, 0.4) is 0 Å². The third-order valence-electron chi connectivity index (χ3n) is 3.56. The standard InChI is InChI=1S/C12H15NO2S/c13-12(5-6-12)8-10-3-1-2-9-4-7-16(14,15)11(9)10/h1-3H,4-8,13H2. The Kier molecular flexibility index (Phi) is 1.98. The van der Waals surface area contributed by atoms with Gasteiger partial charge in [-0.05, 0) is 36.8 Å². The minimum absolute atomic E-state index is 0.132. The van der Waals surface area contributed by atoms with Crippen molar-refractivity contribution in [2.24, 2.45) is 5.73 Å². The molecule has 2 aliphatic rings. The van der Waals surface area contributed by atoms with Crippen LogP contribution in [0.1, 0.15) is 24.0 Å². The molecule has 1 aliphatic carbocycles. The van der Waals surface area contributed by atoms with Gasteiger partial charge >= 0.3 is 0 Å². The topological polar surface area (TPSA) is 60.2 Å². The second-order valence-electron chi connectivity index (χ2n) is 5.01. The fraction of sp³-hybridized carbons (Fsp3) is 0.500. The van der Waals surface area contributed by atoms with E-state index >= 15 is 0 Å². The molecule has 0 aromatic heterocycles. The molecular weight excluding hydrogens is 222 g/mol. The molecular formula is C12H15NO2S. The molecule has 0 saturated heterocycles. The molecule has 16 heavy (non-hydrogen) atoms. The molecule has 0 amide bonds. The Morgan fingerprint density at radius 2 is 2.06 bits per heavy atom. The minimum atomic E-state index is -3.04. The summed E-state index contributed by atoms with van der Waals surface area (Å²) in [4.78, 5) is 0.576. The number of hydrogen-bond donors (Lipinski definition) is 1. The van der Waals surface area contributed by atoms with Crippen molar-refractivity contribution < 1.29 is 8.42 Å². The van der Waals surface area contributed by atoms with Crippen LogP contribution in [0.25, 0.3) is 0 Å². The van der Waals surface area contributed by atoms with Gasteiger partial charge in [-0.2, -0.15) is 0 Å². The maximum absolute atomic E-state index is 11.9. The Bertz CT molecular complexity index is 544. The van der Waals surface area contributed by atoms with Gasteiger partial charge < -0.3 is 5.73 Å². The number of hydrogen-bond acceptors (Lipinski definition) is 3. The summed E-state index contributed by atoms with van der Waals surface area (Å²) in [5.74, 6) is 0.261. The summed E-state index contributed by atoms with van der Waals surface area (Å²) in [5.41, 5.74) is 7.83. The molecule has 1 aliphatic heterocycles. The molecule has 1 aromatic rings. The quantitative estimate of drug-likeness (QED) is 0.836. The van der Waals surface area contributed by atoms with Gasteiger partial charge in [0, 0.05) is 5.54 Å². The summed E-state index contributed by atoms with van der Waals surface area (Å²) in [6, 6.07) is 5.77. The predicted octanol–water partition coefficient (Wildman–Crippen LogP) is 1.05. The molecule has 1 heterocycles. The molecule has 3 rings (SSSR count). The van der Waals surface area contributed by atoms with Crippen LogP contribution in [0.15, 0.2) is 23.1 Å². The number of rotatable bonds is 2.